The molecule has 2 aromatic rings. The molecule has 0 saturated heterocycles. The number of H-pyrrole nitrogens is 1. The second-order valence-corrected chi connectivity index (χ2v) is 5.06. The van der Waals surface area contributed by atoms with Crippen LogP contribution in [-0.4, -0.2) is 17.1 Å². The molecular formula is C15H18N2O2. The summed E-state index contributed by atoms with van der Waals surface area (Å²) in [7, 11) is 0. The molecule has 0 bridgehead atoms. The fourth-order valence-electron chi connectivity index (χ4n) is 1.45. The van der Waals surface area contributed by atoms with Gasteiger partial charge in [0, 0.05) is 11.7 Å². The normalized spacial score (nSPS) is 10.2. The summed E-state index contributed by atoms with van der Waals surface area (Å²) in [6, 6.07) is 10.2. The van der Waals surface area contributed by atoms with Crippen LogP contribution in [0, 0.1) is 11.3 Å². The first kappa shape index (κ1) is 14.8. The van der Waals surface area contributed by atoms with Crippen molar-refractivity contribution in [2.24, 2.45) is 0 Å². The van der Waals surface area contributed by atoms with E-state index in [0.717, 1.165) is 11.1 Å². The maximum Gasteiger partial charge on any atom is 0.293 e. The van der Waals surface area contributed by atoms with Crippen LogP contribution in [0.1, 0.15) is 26.3 Å². The van der Waals surface area contributed by atoms with Crippen molar-refractivity contribution >= 4 is 17.4 Å². The minimum atomic E-state index is -0.318. The first-order valence-electron chi connectivity index (χ1n) is 6.00. The average molecular weight is 258 g/mol. The van der Waals surface area contributed by atoms with E-state index in [0.29, 0.717) is 12.9 Å². The summed E-state index contributed by atoms with van der Waals surface area (Å²) in [5.74, 6) is 0. The van der Waals surface area contributed by atoms with Crippen LogP contribution in [0.15, 0.2) is 30.5 Å². The van der Waals surface area contributed by atoms with Gasteiger partial charge in [0.15, 0.2) is 0 Å². The number of rotatable bonds is 2. The molecule has 4 heteroatoms. The van der Waals surface area contributed by atoms with E-state index in [1.54, 1.807) is 0 Å². The first-order valence-corrected chi connectivity index (χ1v) is 6.00. The van der Waals surface area contributed by atoms with Crippen molar-refractivity contribution in [2.75, 3.05) is 0 Å². The Hall–Kier alpha value is -2.28. The van der Waals surface area contributed by atoms with Crippen LogP contribution in [0.25, 0.3) is 10.9 Å². The summed E-state index contributed by atoms with van der Waals surface area (Å²) < 4.78 is 4.55. The predicted octanol–water partition coefficient (Wildman–Crippen LogP) is 3.19. The van der Waals surface area contributed by atoms with Crippen LogP contribution in [0.4, 0.5) is 0 Å². The largest absolute Gasteiger partial charge is 0.462 e. The predicted molar refractivity (Wildman–Crippen MR) is 74.5 cm³/mol. The van der Waals surface area contributed by atoms with Gasteiger partial charge in [-0.25, -0.2) is 0 Å². The number of carbonyl (C=O) groups is 1. The lowest BCUT2D eigenvalue weighted by atomic mass is 10.1. The minimum absolute atomic E-state index is 0.318. The van der Waals surface area contributed by atoms with Gasteiger partial charge in [-0.05, 0) is 49.9 Å². The van der Waals surface area contributed by atoms with E-state index in [1.807, 2.05) is 51.2 Å². The molecule has 2 rings (SSSR count). The molecule has 0 aliphatic heterocycles. The van der Waals surface area contributed by atoms with Gasteiger partial charge in [0.2, 0.25) is 0 Å². The Morgan fingerprint density at radius 3 is 2.63 bits per heavy atom. The summed E-state index contributed by atoms with van der Waals surface area (Å²) in [4.78, 5) is 12.7. The number of hydrogen-bond donors (Lipinski definition) is 1. The van der Waals surface area contributed by atoms with Gasteiger partial charge >= 0.3 is 0 Å². The lowest BCUT2D eigenvalue weighted by Crippen LogP contribution is -2.17. The third-order valence-electron chi connectivity index (χ3n) is 2.30. The number of nitrogens with one attached hydrogen (secondary N) is 1. The third-order valence-corrected chi connectivity index (χ3v) is 2.30. The van der Waals surface area contributed by atoms with Crippen LogP contribution in [0.3, 0.4) is 0 Å². The highest BCUT2D eigenvalue weighted by Gasteiger charge is 2.07. The third kappa shape index (κ3) is 5.26. The Morgan fingerprint density at radius 2 is 2.11 bits per heavy atom. The minimum Gasteiger partial charge on any atom is -0.462 e. The average Bonchev–Trinajstić information content (AvgIpc) is 2.76. The number of aromatic amines is 1. The van der Waals surface area contributed by atoms with E-state index < -0.39 is 0 Å². The molecule has 1 heterocycles. The molecule has 4 nitrogen and oxygen atoms in total. The van der Waals surface area contributed by atoms with Crippen molar-refractivity contribution in [2.45, 2.75) is 32.8 Å². The summed E-state index contributed by atoms with van der Waals surface area (Å²) in [5.41, 5.74) is 1.88. The molecule has 1 aromatic carbocycles. The molecule has 0 radical (unpaired) electrons. The number of hydrogen-bond acceptors (Lipinski definition) is 3. The van der Waals surface area contributed by atoms with Gasteiger partial charge in [0.25, 0.3) is 6.47 Å². The fourth-order valence-corrected chi connectivity index (χ4v) is 1.45. The molecule has 0 fully saturated rings. The summed E-state index contributed by atoms with van der Waals surface area (Å²) >= 11 is 0. The SMILES string of the molecule is CC(C)(C)OC=O.N#CCc1ccc2[nH]ccc2c1. The number of nitrogens with zero attached hydrogens (tertiary/aromatic N) is 1. The molecule has 19 heavy (non-hydrogen) atoms. The smallest absolute Gasteiger partial charge is 0.293 e. The van der Waals surface area contributed by atoms with Gasteiger partial charge in [0.05, 0.1) is 12.5 Å². The van der Waals surface area contributed by atoms with Crippen molar-refractivity contribution in [3.63, 3.8) is 0 Å². The first-order chi connectivity index (χ1) is 8.96. The van der Waals surface area contributed by atoms with E-state index >= 15 is 0 Å². The number of ether oxygens (including phenoxy) is 1. The summed E-state index contributed by atoms with van der Waals surface area (Å²) in [5, 5.41) is 9.65. The van der Waals surface area contributed by atoms with Crippen LogP contribution in [0.5, 0.6) is 0 Å². The van der Waals surface area contributed by atoms with E-state index in [4.69, 9.17) is 5.26 Å². The standard InChI is InChI=1S/C10H8N2.C5H10O2/c11-5-3-8-1-2-10-9(7-8)4-6-12-10;1-5(2,3)7-4-6/h1-2,4,6-7,12H,3H2;4H,1-3H3. The fraction of sp³-hybridized carbons (Fsp3) is 0.333. The number of aromatic nitrogens is 1. The van der Waals surface area contributed by atoms with Crippen molar-refractivity contribution in [3.8, 4) is 6.07 Å². The van der Waals surface area contributed by atoms with E-state index in [9.17, 15) is 4.79 Å². The van der Waals surface area contributed by atoms with Crippen LogP contribution >= 0.6 is 0 Å². The zero-order valence-corrected chi connectivity index (χ0v) is 11.4. The zero-order chi connectivity index (χ0) is 14.3. The van der Waals surface area contributed by atoms with Crippen molar-refractivity contribution in [1.82, 2.24) is 4.98 Å². The lowest BCUT2D eigenvalue weighted by Gasteiger charge is -2.14. The van der Waals surface area contributed by atoms with Crippen molar-refractivity contribution in [1.29, 1.82) is 5.26 Å². The van der Waals surface area contributed by atoms with Gasteiger partial charge in [-0.3, -0.25) is 4.79 Å². The van der Waals surface area contributed by atoms with Gasteiger partial charge in [0.1, 0.15) is 5.60 Å². The molecule has 100 valence electrons. The van der Waals surface area contributed by atoms with E-state index in [1.165, 1.54) is 5.39 Å². The Morgan fingerprint density at radius 1 is 1.37 bits per heavy atom. The molecule has 0 saturated carbocycles. The number of nitriles is 1. The summed E-state index contributed by atoms with van der Waals surface area (Å²) in [6.07, 6.45) is 2.39. The van der Waals surface area contributed by atoms with E-state index in [-0.39, 0.29) is 5.60 Å². The number of benzene rings is 1. The second-order valence-electron chi connectivity index (χ2n) is 5.06. The topological polar surface area (TPSA) is 65.9 Å². The second kappa shape index (κ2) is 6.60. The van der Waals surface area contributed by atoms with Crippen LogP contribution < -0.4 is 0 Å². The number of carbonyl (C=O) groups excluding carboxylic acids is 1. The van der Waals surface area contributed by atoms with Crippen molar-refractivity contribution < 1.29 is 9.53 Å². The molecule has 0 aliphatic rings. The van der Waals surface area contributed by atoms with Crippen molar-refractivity contribution in [3.05, 3.63) is 36.0 Å². The molecule has 0 amide bonds. The molecular weight excluding hydrogens is 240 g/mol. The maximum absolute atomic E-state index is 9.60. The van der Waals surface area contributed by atoms with Gasteiger partial charge < -0.3 is 9.72 Å². The lowest BCUT2D eigenvalue weighted by molar-refractivity contribution is -0.138. The quantitative estimate of drug-likeness (QED) is 0.841. The van der Waals surface area contributed by atoms with Crippen LogP contribution in [-0.2, 0) is 16.0 Å². The van der Waals surface area contributed by atoms with Gasteiger partial charge in [-0.15, -0.1) is 0 Å². The Labute approximate surface area is 113 Å². The molecule has 0 atom stereocenters. The maximum atomic E-state index is 9.60. The number of fused-ring (bicyclic) bond motifs is 1. The highest BCUT2D eigenvalue weighted by atomic mass is 16.5. The highest BCUT2D eigenvalue weighted by molar-refractivity contribution is 5.79. The van der Waals surface area contributed by atoms with Gasteiger partial charge in [-0.2, -0.15) is 5.26 Å². The molecule has 0 spiro atoms. The Kier molecular flexibility index (Phi) is 5.13. The Balaban J connectivity index is 0.000000224. The van der Waals surface area contributed by atoms with Crippen LogP contribution in [0.2, 0.25) is 0 Å². The Bertz CT molecular complexity index is 574. The molecule has 1 aromatic heterocycles. The molecule has 1 N–H and O–H groups in total. The monoisotopic (exact) mass is 258 g/mol. The zero-order valence-electron chi connectivity index (χ0n) is 11.4. The molecule has 0 unspecified atom stereocenters. The van der Waals surface area contributed by atoms with E-state index in [2.05, 4.69) is 15.8 Å². The molecule has 0 aliphatic carbocycles. The summed E-state index contributed by atoms with van der Waals surface area (Å²) in [6.45, 7) is 5.92. The van der Waals surface area contributed by atoms with Gasteiger partial charge in [-0.1, -0.05) is 6.07 Å². The highest BCUT2D eigenvalue weighted by Crippen LogP contribution is 2.14.